The predicted octanol–water partition coefficient (Wildman–Crippen LogP) is 1.92. The van der Waals surface area contributed by atoms with E-state index in [0.717, 1.165) is 10.0 Å². The first-order chi connectivity index (χ1) is 9.40. The normalized spacial score (nSPS) is 10.8. The van der Waals surface area contributed by atoms with E-state index < -0.39 is 5.97 Å². The van der Waals surface area contributed by atoms with E-state index in [4.69, 9.17) is 5.11 Å². The number of aliphatic carboxylic acids is 1. The van der Waals surface area contributed by atoms with E-state index in [-0.39, 0.29) is 18.9 Å². The van der Waals surface area contributed by atoms with Gasteiger partial charge in [0.2, 0.25) is 0 Å². The number of aryl methyl sites for hydroxylation is 2. The molecule has 20 heavy (non-hydrogen) atoms. The number of fused-ring (bicyclic) bond motifs is 1. The van der Waals surface area contributed by atoms with Gasteiger partial charge in [0, 0.05) is 17.2 Å². The third-order valence-electron chi connectivity index (χ3n) is 2.88. The number of imidazole rings is 1. The third kappa shape index (κ3) is 2.82. The molecule has 2 rings (SSSR count). The van der Waals surface area contributed by atoms with Crippen molar-refractivity contribution in [2.45, 2.75) is 20.3 Å². The molecule has 2 aromatic heterocycles. The van der Waals surface area contributed by atoms with Gasteiger partial charge in [-0.1, -0.05) is 0 Å². The molecule has 0 aliphatic rings. The molecule has 0 aliphatic heterocycles. The largest absolute Gasteiger partial charge is 0.481 e. The lowest BCUT2D eigenvalue weighted by Crippen LogP contribution is -2.27. The van der Waals surface area contributed by atoms with Crippen LogP contribution in [0.4, 0.5) is 0 Å². The number of hydrogen-bond acceptors (Lipinski definition) is 3. The number of aromatic nitrogens is 2. The van der Waals surface area contributed by atoms with Gasteiger partial charge in [-0.15, -0.1) is 0 Å². The highest BCUT2D eigenvalue weighted by molar-refractivity contribution is 9.10. The number of carboxylic acid groups (broad SMARTS) is 1. The molecule has 1 amide bonds. The highest BCUT2D eigenvalue weighted by atomic mass is 79.9. The molecule has 0 aromatic carbocycles. The van der Waals surface area contributed by atoms with Crippen molar-refractivity contribution in [2.24, 2.45) is 0 Å². The minimum atomic E-state index is -0.946. The Balaban J connectivity index is 2.36. The van der Waals surface area contributed by atoms with Gasteiger partial charge < -0.3 is 10.4 Å². The van der Waals surface area contributed by atoms with Crippen LogP contribution in [0.3, 0.4) is 0 Å². The summed E-state index contributed by atoms with van der Waals surface area (Å²) in [4.78, 5) is 27.0. The van der Waals surface area contributed by atoms with Crippen LogP contribution in [0.25, 0.3) is 5.65 Å². The Morgan fingerprint density at radius 2 is 2.15 bits per heavy atom. The zero-order chi connectivity index (χ0) is 14.9. The van der Waals surface area contributed by atoms with Gasteiger partial charge in [0.25, 0.3) is 5.91 Å². The minimum absolute atomic E-state index is 0.0911. The topological polar surface area (TPSA) is 83.7 Å². The number of carbonyl (C=O) groups excluding carboxylic acids is 1. The highest BCUT2D eigenvalue weighted by Crippen LogP contribution is 2.20. The molecule has 0 saturated carbocycles. The summed E-state index contributed by atoms with van der Waals surface area (Å²) in [6.45, 7) is 3.76. The molecule has 0 saturated heterocycles. The summed E-state index contributed by atoms with van der Waals surface area (Å²) < 4.78 is 2.56. The summed E-state index contributed by atoms with van der Waals surface area (Å²) in [5.74, 6) is -1.27. The molecule has 7 heteroatoms. The maximum atomic E-state index is 12.2. The summed E-state index contributed by atoms with van der Waals surface area (Å²) in [6, 6.07) is 1.92. The Hall–Kier alpha value is -1.89. The summed E-state index contributed by atoms with van der Waals surface area (Å²) in [6.07, 6.45) is 1.67. The van der Waals surface area contributed by atoms with E-state index in [9.17, 15) is 9.59 Å². The van der Waals surface area contributed by atoms with Crippen LogP contribution in [0.1, 0.15) is 28.2 Å². The Labute approximate surface area is 123 Å². The van der Waals surface area contributed by atoms with Crippen molar-refractivity contribution in [3.05, 3.63) is 33.7 Å². The Kier molecular flexibility index (Phi) is 4.08. The van der Waals surface area contributed by atoms with Crippen molar-refractivity contribution < 1.29 is 14.7 Å². The minimum Gasteiger partial charge on any atom is -0.481 e. The SMILES string of the molecule is Cc1nc2c(C)cc(Br)cn2c1C(=O)NCCC(=O)O. The summed E-state index contributed by atoms with van der Waals surface area (Å²) >= 11 is 3.39. The maximum Gasteiger partial charge on any atom is 0.305 e. The number of pyridine rings is 1. The fourth-order valence-corrected chi connectivity index (χ4v) is 2.57. The Morgan fingerprint density at radius 1 is 1.45 bits per heavy atom. The van der Waals surface area contributed by atoms with E-state index in [1.165, 1.54) is 0 Å². The smallest absolute Gasteiger partial charge is 0.305 e. The fraction of sp³-hybridized carbons (Fsp3) is 0.308. The van der Waals surface area contributed by atoms with Gasteiger partial charge >= 0.3 is 5.97 Å². The van der Waals surface area contributed by atoms with Gasteiger partial charge in [-0.05, 0) is 41.4 Å². The van der Waals surface area contributed by atoms with E-state index >= 15 is 0 Å². The predicted molar refractivity (Wildman–Crippen MR) is 77.0 cm³/mol. The molecular formula is C13H14BrN3O3. The molecule has 6 nitrogen and oxygen atoms in total. The molecule has 0 unspecified atom stereocenters. The van der Waals surface area contributed by atoms with Crippen LogP contribution in [0.2, 0.25) is 0 Å². The first-order valence-corrected chi connectivity index (χ1v) is 6.84. The molecule has 0 bridgehead atoms. The van der Waals surface area contributed by atoms with E-state index in [2.05, 4.69) is 26.2 Å². The molecule has 2 heterocycles. The zero-order valence-corrected chi connectivity index (χ0v) is 12.7. The molecule has 0 aliphatic carbocycles. The lowest BCUT2D eigenvalue weighted by Gasteiger charge is -2.06. The second-order valence-electron chi connectivity index (χ2n) is 4.48. The number of carbonyl (C=O) groups is 2. The van der Waals surface area contributed by atoms with Gasteiger partial charge in [0.15, 0.2) is 0 Å². The first kappa shape index (κ1) is 14.5. The first-order valence-electron chi connectivity index (χ1n) is 6.05. The fourth-order valence-electron chi connectivity index (χ4n) is 2.02. The number of carboxylic acids is 1. The van der Waals surface area contributed by atoms with Gasteiger partial charge in [-0.3, -0.25) is 14.0 Å². The monoisotopic (exact) mass is 339 g/mol. The molecule has 2 aromatic rings. The number of hydrogen-bond donors (Lipinski definition) is 2. The molecule has 106 valence electrons. The van der Waals surface area contributed by atoms with Crippen molar-refractivity contribution in [1.82, 2.24) is 14.7 Å². The average molecular weight is 340 g/mol. The number of halogens is 1. The molecule has 0 radical (unpaired) electrons. The zero-order valence-electron chi connectivity index (χ0n) is 11.1. The second-order valence-corrected chi connectivity index (χ2v) is 5.40. The van der Waals surface area contributed by atoms with Crippen LogP contribution >= 0.6 is 15.9 Å². The van der Waals surface area contributed by atoms with E-state index in [1.54, 1.807) is 17.5 Å². The number of nitrogens with one attached hydrogen (secondary N) is 1. The quantitative estimate of drug-likeness (QED) is 0.891. The number of amides is 1. The summed E-state index contributed by atoms with van der Waals surface area (Å²) in [7, 11) is 0. The summed E-state index contributed by atoms with van der Waals surface area (Å²) in [5.41, 5.74) is 2.70. The summed E-state index contributed by atoms with van der Waals surface area (Å²) in [5, 5.41) is 11.2. The second kappa shape index (κ2) is 5.62. The number of rotatable bonds is 4. The molecule has 2 N–H and O–H groups in total. The van der Waals surface area contributed by atoms with E-state index in [1.807, 2.05) is 13.0 Å². The third-order valence-corrected chi connectivity index (χ3v) is 3.32. The molecule has 0 atom stereocenters. The van der Waals surface area contributed by atoms with Crippen LogP contribution in [0.5, 0.6) is 0 Å². The van der Waals surface area contributed by atoms with Gasteiger partial charge in [0.1, 0.15) is 11.3 Å². The van der Waals surface area contributed by atoms with Crippen molar-refractivity contribution >= 4 is 33.5 Å². The highest BCUT2D eigenvalue weighted by Gasteiger charge is 2.17. The van der Waals surface area contributed by atoms with Crippen LogP contribution in [0.15, 0.2) is 16.7 Å². The van der Waals surface area contributed by atoms with Crippen LogP contribution in [-0.4, -0.2) is 32.9 Å². The molecule has 0 fully saturated rings. The Morgan fingerprint density at radius 3 is 2.80 bits per heavy atom. The molecular weight excluding hydrogens is 326 g/mol. The van der Waals surface area contributed by atoms with Crippen molar-refractivity contribution in [3.63, 3.8) is 0 Å². The standard InChI is InChI=1S/C13H14BrN3O3/c1-7-5-9(14)6-17-11(8(2)16-12(7)17)13(20)15-4-3-10(18)19/h5-6H,3-4H2,1-2H3,(H,15,20)(H,18,19). The Bertz CT molecular complexity index is 694. The van der Waals surface area contributed by atoms with Crippen molar-refractivity contribution in [3.8, 4) is 0 Å². The van der Waals surface area contributed by atoms with E-state index in [0.29, 0.717) is 17.0 Å². The van der Waals surface area contributed by atoms with Crippen molar-refractivity contribution in [1.29, 1.82) is 0 Å². The van der Waals surface area contributed by atoms with Crippen LogP contribution in [0, 0.1) is 13.8 Å². The van der Waals surface area contributed by atoms with Gasteiger partial charge in [-0.25, -0.2) is 4.98 Å². The van der Waals surface area contributed by atoms with Crippen LogP contribution < -0.4 is 5.32 Å². The maximum absolute atomic E-state index is 12.2. The average Bonchev–Trinajstić information content (AvgIpc) is 2.65. The van der Waals surface area contributed by atoms with Crippen LogP contribution in [-0.2, 0) is 4.79 Å². The lowest BCUT2D eigenvalue weighted by molar-refractivity contribution is -0.136. The molecule has 0 spiro atoms. The number of nitrogens with zero attached hydrogens (tertiary/aromatic N) is 2. The lowest BCUT2D eigenvalue weighted by atomic mass is 10.3. The van der Waals surface area contributed by atoms with Gasteiger partial charge in [0.05, 0.1) is 12.1 Å². The van der Waals surface area contributed by atoms with Gasteiger partial charge in [-0.2, -0.15) is 0 Å². The van der Waals surface area contributed by atoms with Crippen molar-refractivity contribution in [2.75, 3.05) is 6.54 Å².